The lowest BCUT2D eigenvalue weighted by atomic mass is 9.57. The molecule has 6 unspecified atom stereocenters. The first-order valence-electron chi connectivity index (χ1n) is 14.0. The summed E-state index contributed by atoms with van der Waals surface area (Å²) in [6.45, 7) is 0. The van der Waals surface area contributed by atoms with Gasteiger partial charge in [0.05, 0.1) is 42.2 Å². The molecule has 3 fully saturated rings. The number of hydrogen-bond acceptors (Lipinski definition) is 6. The van der Waals surface area contributed by atoms with Gasteiger partial charge in [-0.3, -0.25) is 29.0 Å². The third kappa shape index (κ3) is 4.21. The van der Waals surface area contributed by atoms with E-state index in [1.165, 1.54) is 23.0 Å². The largest absolute Gasteiger partial charge is 0.508 e. The first-order valence-corrected chi connectivity index (χ1v) is 15.6. The lowest BCUT2D eigenvalue weighted by Crippen LogP contribution is -2.43. The van der Waals surface area contributed by atoms with Crippen LogP contribution in [0.3, 0.4) is 0 Å². The number of hydrogen-bond donors (Lipinski definition) is 1. The number of fused-ring (bicyclic) bond motifs is 4. The minimum absolute atomic E-state index is 0.0561. The van der Waals surface area contributed by atoms with Gasteiger partial charge < -0.3 is 9.84 Å². The second kappa shape index (κ2) is 10.4. The number of anilines is 2. The minimum Gasteiger partial charge on any atom is -0.508 e. The number of ether oxygens (including phenoxy) is 1. The summed E-state index contributed by atoms with van der Waals surface area (Å²) in [6, 6.07) is 18.9. The van der Waals surface area contributed by atoms with Crippen LogP contribution in [0, 0.1) is 29.6 Å². The molecule has 43 heavy (non-hydrogen) atoms. The summed E-state index contributed by atoms with van der Waals surface area (Å²) in [6.07, 6.45) is 2.51. The first-order chi connectivity index (χ1) is 20.7. The standard InChI is InChI=1S/C33H26Br2N2O6/c1-43-25-4-2-3-24(38)29(25)27-20-13-14-21-26(32(41)36(30(21)39)18-9-5-16(34)6-10-18)22(20)15-23-28(27)33(42)37(31(23)40)19-11-7-17(35)8-12-19/h2-13,21-23,26-28,38H,14-15H2,1H3. The monoisotopic (exact) mass is 704 g/mol. The molecule has 2 heterocycles. The molecule has 10 heteroatoms. The molecule has 1 N–H and O–H groups in total. The van der Waals surface area contributed by atoms with Gasteiger partial charge in [0.2, 0.25) is 23.6 Å². The van der Waals surface area contributed by atoms with E-state index in [1.54, 1.807) is 60.7 Å². The quantitative estimate of drug-likeness (QED) is 0.265. The lowest BCUT2D eigenvalue weighted by Gasteiger charge is -2.44. The van der Waals surface area contributed by atoms with Gasteiger partial charge in [-0.05, 0) is 79.4 Å². The highest BCUT2D eigenvalue weighted by molar-refractivity contribution is 9.10. The zero-order valence-corrected chi connectivity index (χ0v) is 26.1. The molecule has 3 aromatic rings. The van der Waals surface area contributed by atoms with Crippen LogP contribution < -0.4 is 14.5 Å². The molecule has 1 saturated carbocycles. The predicted molar refractivity (Wildman–Crippen MR) is 165 cm³/mol. The molecule has 6 atom stereocenters. The minimum atomic E-state index is -0.813. The van der Waals surface area contributed by atoms with Crippen molar-refractivity contribution in [2.75, 3.05) is 16.9 Å². The van der Waals surface area contributed by atoms with E-state index in [0.717, 1.165) is 14.5 Å². The molecule has 3 aromatic carbocycles. The smallest absolute Gasteiger partial charge is 0.238 e. The van der Waals surface area contributed by atoms with Crippen LogP contribution in [-0.4, -0.2) is 35.8 Å². The zero-order chi connectivity index (χ0) is 30.2. The van der Waals surface area contributed by atoms with Gasteiger partial charge in [0, 0.05) is 20.4 Å². The molecule has 0 bridgehead atoms. The fourth-order valence-corrected chi connectivity index (χ4v) is 8.15. The van der Waals surface area contributed by atoms with E-state index in [4.69, 9.17) is 4.74 Å². The Morgan fingerprint density at radius 2 is 1.28 bits per heavy atom. The van der Waals surface area contributed by atoms with Crippen molar-refractivity contribution in [2.45, 2.75) is 18.8 Å². The van der Waals surface area contributed by atoms with Crippen LogP contribution in [0.15, 0.2) is 87.3 Å². The van der Waals surface area contributed by atoms with Gasteiger partial charge in [0.1, 0.15) is 11.5 Å². The molecule has 4 aliphatic rings. The van der Waals surface area contributed by atoms with Gasteiger partial charge >= 0.3 is 0 Å². The van der Waals surface area contributed by atoms with Crippen molar-refractivity contribution >= 4 is 66.9 Å². The second-order valence-electron chi connectivity index (χ2n) is 11.4. The van der Waals surface area contributed by atoms with E-state index in [-0.39, 0.29) is 35.8 Å². The number of aromatic hydroxyl groups is 1. The Morgan fingerprint density at radius 1 is 0.721 bits per heavy atom. The fraction of sp³-hybridized carbons (Fsp3) is 0.273. The third-order valence-electron chi connectivity index (χ3n) is 9.39. The van der Waals surface area contributed by atoms with E-state index in [0.29, 0.717) is 29.1 Å². The number of methoxy groups -OCH3 is 1. The van der Waals surface area contributed by atoms with Crippen LogP contribution in [0.4, 0.5) is 11.4 Å². The SMILES string of the molecule is COc1cccc(O)c1C1C2=CCC3C(=O)N(c4ccc(Br)cc4)C(=O)C3C2CC2C(=O)N(c3ccc(Br)cc3)C(=O)C21. The van der Waals surface area contributed by atoms with Crippen molar-refractivity contribution in [3.8, 4) is 11.5 Å². The zero-order valence-electron chi connectivity index (χ0n) is 22.9. The summed E-state index contributed by atoms with van der Waals surface area (Å²) < 4.78 is 7.31. The normalized spacial score (nSPS) is 28.0. The second-order valence-corrected chi connectivity index (χ2v) is 13.2. The summed E-state index contributed by atoms with van der Waals surface area (Å²) in [4.78, 5) is 58.6. The Hall–Kier alpha value is -3.76. The van der Waals surface area contributed by atoms with E-state index in [2.05, 4.69) is 31.9 Å². The Morgan fingerprint density at radius 3 is 1.86 bits per heavy atom. The number of rotatable bonds is 4. The highest BCUT2D eigenvalue weighted by Crippen LogP contribution is 2.60. The van der Waals surface area contributed by atoms with Gasteiger partial charge in [0.15, 0.2) is 0 Å². The molecular formula is C33H26Br2N2O6. The maximum atomic E-state index is 14.2. The number of phenolic OH excluding ortho intramolecular Hbond substituents is 1. The number of amides is 4. The number of carbonyl (C=O) groups is 4. The van der Waals surface area contributed by atoms with Crippen molar-refractivity contribution in [3.05, 3.63) is 92.9 Å². The molecule has 0 spiro atoms. The molecule has 7 rings (SSSR count). The fourth-order valence-electron chi connectivity index (χ4n) is 7.62. The Balaban J connectivity index is 1.36. The van der Waals surface area contributed by atoms with Gasteiger partial charge in [0.25, 0.3) is 0 Å². The molecular weight excluding hydrogens is 680 g/mol. The summed E-state index contributed by atoms with van der Waals surface area (Å²) in [5.41, 5.74) is 2.16. The van der Waals surface area contributed by atoms with Crippen LogP contribution in [0.5, 0.6) is 11.5 Å². The lowest BCUT2D eigenvalue weighted by molar-refractivity contribution is -0.126. The number of imide groups is 2. The summed E-state index contributed by atoms with van der Waals surface area (Å²) in [5.74, 6) is -4.99. The summed E-state index contributed by atoms with van der Waals surface area (Å²) in [5, 5.41) is 11.2. The first kappa shape index (κ1) is 28.0. The van der Waals surface area contributed by atoms with Gasteiger partial charge in [-0.1, -0.05) is 49.6 Å². The number of halogens is 2. The number of allylic oxidation sites excluding steroid dienone is 2. The predicted octanol–water partition coefficient (Wildman–Crippen LogP) is 5.97. The van der Waals surface area contributed by atoms with Crippen molar-refractivity contribution in [1.82, 2.24) is 0 Å². The molecule has 2 saturated heterocycles. The van der Waals surface area contributed by atoms with Crippen LogP contribution >= 0.6 is 31.9 Å². The van der Waals surface area contributed by atoms with E-state index in [1.807, 2.05) is 6.08 Å². The highest BCUT2D eigenvalue weighted by atomic mass is 79.9. The molecule has 218 valence electrons. The molecule has 2 aliphatic carbocycles. The number of benzene rings is 3. The maximum absolute atomic E-state index is 14.2. The van der Waals surface area contributed by atoms with Gasteiger partial charge in [-0.15, -0.1) is 0 Å². The molecule has 2 aliphatic heterocycles. The Bertz CT molecular complexity index is 1720. The third-order valence-corrected chi connectivity index (χ3v) is 10.4. The van der Waals surface area contributed by atoms with Crippen LogP contribution in [0.2, 0.25) is 0 Å². The highest BCUT2D eigenvalue weighted by Gasteiger charge is 2.62. The Kier molecular flexibility index (Phi) is 6.81. The van der Waals surface area contributed by atoms with Crippen LogP contribution in [0.1, 0.15) is 24.3 Å². The van der Waals surface area contributed by atoms with Crippen molar-refractivity contribution in [2.24, 2.45) is 29.6 Å². The van der Waals surface area contributed by atoms with Crippen molar-refractivity contribution in [1.29, 1.82) is 0 Å². The molecule has 8 nitrogen and oxygen atoms in total. The van der Waals surface area contributed by atoms with Crippen LogP contribution in [-0.2, 0) is 19.2 Å². The van der Waals surface area contributed by atoms with E-state index < -0.39 is 35.5 Å². The molecule has 4 amide bonds. The van der Waals surface area contributed by atoms with E-state index in [9.17, 15) is 24.3 Å². The van der Waals surface area contributed by atoms with E-state index >= 15 is 0 Å². The van der Waals surface area contributed by atoms with Gasteiger partial charge in [-0.2, -0.15) is 0 Å². The van der Waals surface area contributed by atoms with Gasteiger partial charge in [-0.25, -0.2) is 0 Å². The average molecular weight is 706 g/mol. The summed E-state index contributed by atoms with van der Waals surface area (Å²) in [7, 11) is 1.49. The number of phenols is 1. The average Bonchev–Trinajstić information content (AvgIpc) is 3.41. The summed E-state index contributed by atoms with van der Waals surface area (Å²) >= 11 is 6.81. The topological polar surface area (TPSA) is 104 Å². The van der Waals surface area contributed by atoms with Crippen molar-refractivity contribution < 1.29 is 29.0 Å². The number of nitrogens with zero attached hydrogens (tertiary/aromatic N) is 2. The van der Waals surface area contributed by atoms with Crippen LogP contribution in [0.25, 0.3) is 0 Å². The van der Waals surface area contributed by atoms with Crippen molar-refractivity contribution in [3.63, 3.8) is 0 Å². The molecule has 0 aromatic heterocycles. The molecule has 0 radical (unpaired) electrons. The Labute approximate surface area is 264 Å². The maximum Gasteiger partial charge on any atom is 0.238 e. The number of carbonyl (C=O) groups excluding carboxylic acids is 4.